The summed E-state index contributed by atoms with van der Waals surface area (Å²) in [6.45, 7) is 2.38. The summed E-state index contributed by atoms with van der Waals surface area (Å²) in [6.07, 6.45) is 3.99. The first-order chi connectivity index (χ1) is 8.12. The van der Waals surface area contributed by atoms with Gasteiger partial charge in [-0.1, -0.05) is 35.7 Å². The molecule has 2 aliphatic rings. The van der Waals surface area contributed by atoms with Crippen molar-refractivity contribution in [2.24, 2.45) is 5.92 Å². The second-order valence-corrected chi connectivity index (χ2v) is 6.39. The molecule has 0 bridgehead atoms. The molecule has 3 rings (SSSR count). The van der Waals surface area contributed by atoms with Crippen molar-refractivity contribution < 1.29 is 0 Å². The molecule has 1 saturated heterocycles. The highest BCUT2D eigenvalue weighted by Crippen LogP contribution is 2.50. The number of halogens is 2. The standard InChI is InChI=1S/C14H17Cl2N/c1-17-8-11-3-2-6-14(11,9-17)10-4-5-12(15)13(16)7-10/h4-5,7,11H,2-3,6,8-9H2,1H3/t11?,14-/m1/s1. The van der Waals surface area contributed by atoms with Crippen LogP contribution in [0.2, 0.25) is 10.0 Å². The van der Waals surface area contributed by atoms with Crippen LogP contribution in [0.3, 0.4) is 0 Å². The zero-order chi connectivity index (χ0) is 12.0. The lowest BCUT2D eigenvalue weighted by molar-refractivity contribution is 0.360. The molecule has 1 aromatic carbocycles. The van der Waals surface area contributed by atoms with E-state index < -0.39 is 0 Å². The Morgan fingerprint density at radius 3 is 2.88 bits per heavy atom. The molecular weight excluding hydrogens is 253 g/mol. The fraction of sp³-hybridized carbons (Fsp3) is 0.571. The maximum absolute atomic E-state index is 6.17. The minimum atomic E-state index is 0.336. The van der Waals surface area contributed by atoms with Crippen LogP contribution < -0.4 is 0 Å². The molecule has 1 saturated carbocycles. The summed E-state index contributed by atoms with van der Waals surface area (Å²) < 4.78 is 0. The number of likely N-dealkylation sites (N-methyl/N-ethyl adjacent to an activating group) is 1. The molecule has 92 valence electrons. The smallest absolute Gasteiger partial charge is 0.0595 e. The Morgan fingerprint density at radius 1 is 1.29 bits per heavy atom. The van der Waals surface area contributed by atoms with Crippen molar-refractivity contribution in [1.82, 2.24) is 4.90 Å². The molecule has 1 nitrogen and oxygen atoms in total. The monoisotopic (exact) mass is 269 g/mol. The van der Waals surface area contributed by atoms with Crippen molar-refractivity contribution >= 4 is 23.2 Å². The van der Waals surface area contributed by atoms with Crippen molar-refractivity contribution in [2.45, 2.75) is 24.7 Å². The summed E-state index contributed by atoms with van der Waals surface area (Å²) in [5, 5.41) is 1.35. The number of hydrogen-bond donors (Lipinski definition) is 0. The molecule has 0 aromatic heterocycles. The van der Waals surface area contributed by atoms with Crippen LogP contribution in [0, 0.1) is 5.92 Å². The molecule has 0 radical (unpaired) electrons. The first-order valence-electron chi connectivity index (χ1n) is 6.26. The topological polar surface area (TPSA) is 3.24 Å². The van der Waals surface area contributed by atoms with E-state index in [1.165, 1.54) is 31.4 Å². The quantitative estimate of drug-likeness (QED) is 0.746. The summed E-state index contributed by atoms with van der Waals surface area (Å²) in [4.78, 5) is 2.45. The number of benzene rings is 1. The second kappa shape index (κ2) is 4.15. The van der Waals surface area contributed by atoms with Crippen LogP contribution in [0.1, 0.15) is 24.8 Å². The zero-order valence-corrected chi connectivity index (χ0v) is 11.6. The van der Waals surface area contributed by atoms with Crippen LogP contribution in [0.4, 0.5) is 0 Å². The molecule has 1 aromatic rings. The van der Waals surface area contributed by atoms with E-state index in [2.05, 4.69) is 24.1 Å². The SMILES string of the molecule is CN1CC2CCC[C@]2(c2ccc(Cl)c(Cl)c2)C1. The van der Waals surface area contributed by atoms with Gasteiger partial charge in [0.1, 0.15) is 0 Å². The highest BCUT2D eigenvalue weighted by molar-refractivity contribution is 6.42. The van der Waals surface area contributed by atoms with Crippen LogP contribution in [0.5, 0.6) is 0 Å². The van der Waals surface area contributed by atoms with E-state index in [0.717, 1.165) is 12.5 Å². The van der Waals surface area contributed by atoms with Crippen LogP contribution >= 0.6 is 23.2 Å². The minimum absolute atomic E-state index is 0.336. The van der Waals surface area contributed by atoms with Gasteiger partial charge in [0.25, 0.3) is 0 Å². The maximum Gasteiger partial charge on any atom is 0.0595 e. The molecule has 1 unspecified atom stereocenters. The van der Waals surface area contributed by atoms with E-state index in [0.29, 0.717) is 15.5 Å². The molecule has 2 atom stereocenters. The van der Waals surface area contributed by atoms with E-state index in [1.54, 1.807) is 0 Å². The largest absolute Gasteiger partial charge is 0.305 e. The first-order valence-corrected chi connectivity index (χ1v) is 7.01. The number of fused-ring (bicyclic) bond motifs is 1. The third kappa shape index (κ3) is 1.80. The van der Waals surface area contributed by atoms with Gasteiger partial charge >= 0.3 is 0 Å². The molecule has 2 fully saturated rings. The summed E-state index contributed by atoms with van der Waals surface area (Å²) in [5.74, 6) is 0.796. The molecule has 1 aliphatic carbocycles. The maximum atomic E-state index is 6.17. The Hall–Kier alpha value is -0.240. The molecule has 17 heavy (non-hydrogen) atoms. The lowest BCUT2D eigenvalue weighted by Gasteiger charge is -2.29. The van der Waals surface area contributed by atoms with E-state index >= 15 is 0 Å². The fourth-order valence-corrected chi connectivity index (χ4v) is 4.12. The molecule has 3 heteroatoms. The lowest BCUT2D eigenvalue weighted by Crippen LogP contribution is -2.31. The van der Waals surface area contributed by atoms with Crippen molar-refractivity contribution in [1.29, 1.82) is 0 Å². The fourth-order valence-electron chi connectivity index (χ4n) is 3.82. The molecule has 0 spiro atoms. The van der Waals surface area contributed by atoms with Crippen molar-refractivity contribution in [3.8, 4) is 0 Å². The highest BCUT2D eigenvalue weighted by atomic mass is 35.5. The number of hydrogen-bond acceptors (Lipinski definition) is 1. The van der Waals surface area contributed by atoms with Crippen LogP contribution in [-0.2, 0) is 5.41 Å². The van der Waals surface area contributed by atoms with Gasteiger partial charge in [0, 0.05) is 18.5 Å². The van der Waals surface area contributed by atoms with E-state index in [9.17, 15) is 0 Å². The van der Waals surface area contributed by atoms with Crippen molar-refractivity contribution in [2.75, 3.05) is 20.1 Å². The van der Waals surface area contributed by atoms with E-state index in [-0.39, 0.29) is 0 Å². The Morgan fingerprint density at radius 2 is 2.12 bits per heavy atom. The minimum Gasteiger partial charge on any atom is -0.305 e. The summed E-state index contributed by atoms with van der Waals surface area (Å²) in [6, 6.07) is 6.20. The van der Waals surface area contributed by atoms with Crippen LogP contribution in [-0.4, -0.2) is 25.0 Å². The van der Waals surface area contributed by atoms with E-state index in [1.807, 2.05) is 6.07 Å². The summed E-state index contributed by atoms with van der Waals surface area (Å²) in [5.41, 5.74) is 1.72. The Balaban J connectivity index is 2.04. The summed E-state index contributed by atoms with van der Waals surface area (Å²) in [7, 11) is 2.22. The third-order valence-electron chi connectivity index (χ3n) is 4.54. The normalized spacial score (nSPS) is 33.0. The highest BCUT2D eigenvalue weighted by Gasteiger charge is 2.49. The number of likely N-dealkylation sites (tertiary alicyclic amines) is 1. The van der Waals surface area contributed by atoms with Crippen molar-refractivity contribution in [3.05, 3.63) is 33.8 Å². The van der Waals surface area contributed by atoms with Gasteiger partial charge in [-0.25, -0.2) is 0 Å². The van der Waals surface area contributed by atoms with Gasteiger partial charge in [-0.2, -0.15) is 0 Å². The average Bonchev–Trinajstić information content (AvgIpc) is 2.78. The summed E-state index contributed by atoms with van der Waals surface area (Å²) >= 11 is 12.2. The molecule has 1 heterocycles. The van der Waals surface area contributed by atoms with E-state index in [4.69, 9.17) is 23.2 Å². The van der Waals surface area contributed by atoms with Gasteiger partial charge in [-0.15, -0.1) is 0 Å². The average molecular weight is 270 g/mol. The van der Waals surface area contributed by atoms with Gasteiger partial charge in [-0.05, 0) is 43.5 Å². The lowest BCUT2D eigenvalue weighted by atomic mass is 9.75. The molecular formula is C14H17Cl2N. The molecule has 1 aliphatic heterocycles. The third-order valence-corrected chi connectivity index (χ3v) is 5.27. The number of nitrogens with zero attached hydrogens (tertiary/aromatic N) is 1. The van der Waals surface area contributed by atoms with Crippen LogP contribution in [0.15, 0.2) is 18.2 Å². The molecule has 0 N–H and O–H groups in total. The molecule has 0 amide bonds. The Kier molecular flexibility index (Phi) is 2.89. The first kappa shape index (κ1) is 11.8. The van der Waals surface area contributed by atoms with Gasteiger partial charge < -0.3 is 4.90 Å². The van der Waals surface area contributed by atoms with Crippen LogP contribution in [0.25, 0.3) is 0 Å². The number of rotatable bonds is 1. The Labute approximate surface area is 113 Å². The van der Waals surface area contributed by atoms with Gasteiger partial charge in [0.15, 0.2) is 0 Å². The van der Waals surface area contributed by atoms with Gasteiger partial charge in [0.2, 0.25) is 0 Å². The van der Waals surface area contributed by atoms with Gasteiger partial charge in [0.05, 0.1) is 10.0 Å². The van der Waals surface area contributed by atoms with Crippen molar-refractivity contribution in [3.63, 3.8) is 0 Å². The van der Waals surface area contributed by atoms with Gasteiger partial charge in [-0.3, -0.25) is 0 Å². The second-order valence-electron chi connectivity index (χ2n) is 5.57. The Bertz CT molecular complexity index is 446. The predicted octanol–water partition coefficient (Wildman–Crippen LogP) is 3.98. The predicted molar refractivity (Wildman–Crippen MR) is 73.0 cm³/mol. The zero-order valence-electron chi connectivity index (χ0n) is 10.0.